The number of alkyl halides is 2. The maximum Gasteiger partial charge on any atom is 0.586 e. The van der Waals surface area contributed by atoms with Crippen LogP contribution in [0.4, 0.5) is 14.5 Å². The van der Waals surface area contributed by atoms with Crippen molar-refractivity contribution in [3.63, 3.8) is 0 Å². The molecular weight excluding hydrogens is 364 g/mol. The van der Waals surface area contributed by atoms with Crippen LogP contribution in [0.15, 0.2) is 42.5 Å². The van der Waals surface area contributed by atoms with Gasteiger partial charge in [0.15, 0.2) is 18.1 Å². The summed E-state index contributed by atoms with van der Waals surface area (Å²) in [6.45, 7) is -0.514. The molecule has 0 spiro atoms. The highest BCUT2D eigenvalue weighted by atomic mass is 19.3. The van der Waals surface area contributed by atoms with Crippen molar-refractivity contribution in [2.24, 2.45) is 0 Å². The summed E-state index contributed by atoms with van der Waals surface area (Å²) in [6.07, 6.45) is -3.74. The highest BCUT2D eigenvalue weighted by Gasteiger charge is 2.43. The van der Waals surface area contributed by atoms with Gasteiger partial charge in [0.25, 0.3) is 5.91 Å². The average molecular weight is 379 g/mol. The van der Waals surface area contributed by atoms with E-state index in [1.165, 1.54) is 25.3 Å². The first-order valence-corrected chi connectivity index (χ1v) is 7.83. The van der Waals surface area contributed by atoms with Gasteiger partial charge in [-0.3, -0.25) is 9.59 Å². The van der Waals surface area contributed by atoms with E-state index in [0.29, 0.717) is 11.3 Å². The van der Waals surface area contributed by atoms with E-state index in [9.17, 15) is 18.4 Å². The zero-order valence-electron chi connectivity index (χ0n) is 14.2. The van der Waals surface area contributed by atoms with Gasteiger partial charge in [0.1, 0.15) is 5.75 Å². The fourth-order valence-corrected chi connectivity index (χ4v) is 2.33. The molecule has 0 fully saturated rings. The smallest absolute Gasteiger partial charge is 0.497 e. The molecule has 0 aromatic heterocycles. The van der Waals surface area contributed by atoms with E-state index < -0.39 is 24.8 Å². The number of ether oxygens (including phenoxy) is 4. The molecular formula is C18H15F2NO6. The lowest BCUT2D eigenvalue weighted by atomic mass is 10.1. The molecule has 2 aromatic carbocycles. The molecule has 27 heavy (non-hydrogen) atoms. The van der Waals surface area contributed by atoms with E-state index in [1.54, 1.807) is 24.3 Å². The van der Waals surface area contributed by atoms with Crippen LogP contribution in [0.3, 0.4) is 0 Å². The van der Waals surface area contributed by atoms with E-state index in [1.807, 2.05) is 0 Å². The van der Waals surface area contributed by atoms with Crippen molar-refractivity contribution in [1.82, 2.24) is 0 Å². The molecule has 1 aliphatic rings. The van der Waals surface area contributed by atoms with Gasteiger partial charge in [-0.2, -0.15) is 0 Å². The standard InChI is InChI=1S/C18H15F2NO6/c1-24-13-5-2-11(3-6-13)8-17(23)25-10-16(22)21-12-4-7-14-15(9-12)27-18(19,20)26-14/h2-7,9H,8,10H2,1H3,(H,21,22). The molecule has 2 aromatic rings. The van der Waals surface area contributed by atoms with Gasteiger partial charge in [-0.05, 0) is 29.8 Å². The minimum absolute atomic E-state index is 0.00359. The van der Waals surface area contributed by atoms with Crippen LogP contribution in [0.2, 0.25) is 0 Å². The summed E-state index contributed by atoms with van der Waals surface area (Å²) in [4.78, 5) is 23.7. The van der Waals surface area contributed by atoms with Gasteiger partial charge in [0.05, 0.1) is 13.5 Å². The van der Waals surface area contributed by atoms with Gasteiger partial charge >= 0.3 is 12.3 Å². The number of hydrogen-bond donors (Lipinski definition) is 1. The van der Waals surface area contributed by atoms with Crippen LogP contribution >= 0.6 is 0 Å². The van der Waals surface area contributed by atoms with Gasteiger partial charge in [0, 0.05) is 11.8 Å². The number of methoxy groups -OCH3 is 1. The van der Waals surface area contributed by atoms with Crippen molar-refractivity contribution in [3.05, 3.63) is 48.0 Å². The normalized spacial score (nSPS) is 13.7. The predicted molar refractivity (Wildman–Crippen MR) is 88.9 cm³/mol. The number of anilines is 1. The van der Waals surface area contributed by atoms with Crippen molar-refractivity contribution >= 4 is 17.6 Å². The third-order valence-electron chi connectivity index (χ3n) is 3.56. The maximum atomic E-state index is 13.0. The quantitative estimate of drug-likeness (QED) is 0.777. The van der Waals surface area contributed by atoms with Gasteiger partial charge in [-0.25, -0.2) is 0 Å². The molecule has 142 valence electrons. The Hall–Kier alpha value is -3.36. The number of esters is 1. The van der Waals surface area contributed by atoms with Gasteiger partial charge in [-0.1, -0.05) is 12.1 Å². The van der Waals surface area contributed by atoms with E-state index in [-0.39, 0.29) is 23.6 Å². The zero-order chi connectivity index (χ0) is 19.4. The Labute approximate surface area is 152 Å². The fraction of sp³-hybridized carbons (Fsp3) is 0.222. The Bertz CT molecular complexity index is 853. The molecule has 0 bridgehead atoms. The first kappa shape index (κ1) is 18.4. The number of rotatable bonds is 6. The summed E-state index contributed by atoms with van der Waals surface area (Å²) in [5, 5.41) is 2.42. The summed E-state index contributed by atoms with van der Waals surface area (Å²) in [5.41, 5.74) is 0.907. The van der Waals surface area contributed by atoms with Gasteiger partial charge < -0.3 is 24.3 Å². The summed E-state index contributed by atoms with van der Waals surface area (Å²) in [7, 11) is 1.54. The van der Waals surface area contributed by atoms with Crippen molar-refractivity contribution in [2.45, 2.75) is 12.7 Å². The van der Waals surface area contributed by atoms with Crippen LogP contribution in [-0.2, 0) is 20.7 Å². The first-order chi connectivity index (χ1) is 12.8. The van der Waals surface area contributed by atoms with Crippen LogP contribution in [-0.4, -0.2) is 31.9 Å². The maximum absolute atomic E-state index is 13.0. The molecule has 1 N–H and O–H groups in total. The highest BCUT2D eigenvalue weighted by Crippen LogP contribution is 2.42. The highest BCUT2D eigenvalue weighted by molar-refractivity contribution is 5.93. The number of hydrogen-bond acceptors (Lipinski definition) is 6. The Morgan fingerprint density at radius 2 is 1.78 bits per heavy atom. The Kier molecular flexibility index (Phi) is 5.11. The SMILES string of the molecule is COc1ccc(CC(=O)OCC(=O)Nc2ccc3c(c2)OC(F)(F)O3)cc1. The minimum atomic E-state index is -3.73. The third kappa shape index (κ3) is 4.84. The molecule has 1 amide bonds. The monoisotopic (exact) mass is 379 g/mol. The van der Waals surface area contributed by atoms with Crippen molar-refractivity contribution < 1.29 is 37.3 Å². The largest absolute Gasteiger partial charge is 0.586 e. The molecule has 1 aliphatic heterocycles. The van der Waals surface area contributed by atoms with E-state index in [2.05, 4.69) is 14.8 Å². The number of amides is 1. The Morgan fingerprint density at radius 1 is 1.07 bits per heavy atom. The van der Waals surface area contributed by atoms with Crippen LogP contribution < -0.4 is 19.5 Å². The van der Waals surface area contributed by atoms with Gasteiger partial charge in [-0.15, -0.1) is 8.78 Å². The van der Waals surface area contributed by atoms with Crippen molar-refractivity contribution in [3.8, 4) is 17.2 Å². The lowest BCUT2D eigenvalue weighted by Gasteiger charge is -2.07. The minimum Gasteiger partial charge on any atom is -0.497 e. The Morgan fingerprint density at radius 3 is 2.48 bits per heavy atom. The summed E-state index contributed by atoms with van der Waals surface area (Å²) in [6, 6.07) is 10.6. The van der Waals surface area contributed by atoms with Gasteiger partial charge in [0.2, 0.25) is 0 Å². The van der Waals surface area contributed by atoms with E-state index in [0.717, 1.165) is 0 Å². The number of nitrogens with one attached hydrogen (secondary N) is 1. The number of halogens is 2. The summed E-state index contributed by atoms with van der Waals surface area (Å²) >= 11 is 0. The second-order valence-corrected chi connectivity index (χ2v) is 5.56. The second kappa shape index (κ2) is 7.48. The molecule has 0 saturated carbocycles. The van der Waals surface area contributed by atoms with Crippen LogP contribution in [0, 0.1) is 0 Å². The fourth-order valence-electron chi connectivity index (χ4n) is 2.33. The van der Waals surface area contributed by atoms with E-state index >= 15 is 0 Å². The molecule has 3 rings (SSSR count). The molecule has 0 unspecified atom stereocenters. The number of carbonyl (C=O) groups is 2. The molecule has 7 nitrogen and oxygen atoms in total. The predicted octanol–water partition coefficient (Wildman–Crippen LogP) is 2.74. The van der Waals surface area contributed by atoms with Crippen molar-refractivity contribution in [1.29, 1.82) is 0 Å². The molecule has 9 heteroatoms. The topological polar surface area (TPSA) is 83.1 Å². The first-order valence-electron chi connectivity index (χ1n) is 7.83. The molecule has 0 saturated heterocycles. The van der Waals surface area contributed by atoms with Crippen LogP contribution in [0.25, 0.3) is 0 Å². The summed E-state index contributed by atoms with van der Waals surface area (Å²) in [5.74, 6) is -0.879. The number of benzene rings is 2. The zero-order valence-corrected chi connectivity index (χ0v) is 14.2. The summed E-state index contributed by atoms with van der Waals surface area (Å²) < 4.78 is 44.4. The van der Waals surface area contributed by atoms with Crippen LogP contribution in [0.1, 0.15) is 5.56 Å². The van der Waals surface area contributed by atoms with Crippen LogP contribution in [0.5, 0.6) is 17.2 Å². The van der Waals surface area contributed by atoms with E-state index in [4.69, 9.17) is 9.47 Å². The molecule has 0 radical (unpaired) electrons. The van der Waals surface area contributed by atoms with Crippen molar-refractivity contribution in [2.75, 3.05) is 19.0 Å². The molecule has 0 aliphatic carbocycles. The number of fused-ring (bicyclic) bond motifs is 1. The molecule has 0 atom stereocenters. The lowest BCUT2D eigenvalue weighted by molar-refractivity contribution is -0.286. The Balaban J connectivity index is 1.47. The second-order valence-electron chi connectivity index (χ2n) is 5.56. The average Bonchev–Trinajstić information content (AvgIpc) is 2.94. The molecule has 1 heterocycles. The number of carbonyl (C=O) groups excluding carboxylic acids is 2. The third-order valence-corrected chi connectivity index (χ3v) is 3.56. The lowest BCUT2D eigenvalue weighted by Crippen LogP contribution is -2.25.